The van der Waals surface area contributed by atoms with E-state index in [9.17, 15) is 4.79 Å². The molecule has 1 aromatic heterocycles. The van der Waals surface area contributed by atoms with Gasteiger partial charge < -0.3 is 9.84 Å². The third-order valence-electron chi connectivity index (χ3n) is 2.03. The van der Waals surface area contributed by atoms with Crippen molar-refractivity contribution in [2.75, 3.05) is 5.32 Å². The maximum Gasteiger partial charge on any atom is 0.260 e. The molecule has 0 unspecified atom stereocenters. The number of aryl methyl sites for hydroxylation is 1. The first-order chi connectivity index (χ1) is 7.27. The van der Waals surface area contributed by atoms with E-state index in [1.54, 1.807) is 6.92 Å². The molecule has 1 amide bonds. The van der Waals surface area contributed by atoms with Crippen molar-refractivity contribution >= 4 is 11.6 Å². The zero-order valence-corrected chi connectivity index (χ0v) is 8.23. The second kappa shape index (κ2) is 3.96. The third-order valence-corrected chi connectivity index (χ3v) is 2.03. The Bertz CT molecular complexity index is 462. The first-order valence-electron chi connectivity index (χ1n) is 4.55. The van der Waals surface area contributed by atoms with Crippen LogP contribution in [0.4, 0.5) is 5.69 Å². The summed E-state index contributed by atoms with van der Waals surface area (Å²) in [5.41, 5.74) is 1.21. The molecule has 0 atom stereocenters. The van der Waals surface area contributed by atoms with Gasteiger partial charge in [-0.05, 0) is 19.1 Å². The molecule has 0 bridgehead atoms. The van der Waals surface area contributed by atoms with Gasteiger partial charge in [-0.25, -0.2) is 0 Å². The van der Waals surface area contributed by atoms with Crippen molar-refractivity contribution in [3.8, 4) is 0 Å². The van der Waals surface area contributed by atoms with Crippen LogP contribution in [0.25, 0.3) is 0 Å². The van der Waals surface area contributed by atoms with Gasteiger partial charge in [0.15, 0.2) is 0 Å². The standard InChI is InChI=1S/C11H10N2O2/c1-8-10(7-12-15-8)11(14)13-9-5-3-2-4-6-9/h2-7H,1H3,(H,13,14). The van der Waals surface area contributed by atoms with E-state index in [1.165, 1.54) is 6.20 Å². The number of aromatic nitrogens is 1. The largest absolute Gasteiger partial charge is 0.361 e. The molecule has 0 aliphatic rings. The maximum atomic E-state index is 11.7. The minimum Gasteiger partial charge on any atom is -0.361 e. The second-order valence-corrected chi connectivity index (χ2v) is 3.12. The van der Waals surface area contributed by atoms with Crippen molar-refractivity contribution in [2.45, 2.75) is 6.92 Å². The lowest BCUT2D eigenvalue weighted by molar-refractivity contribution is 0.102. The van der Waals surface area contributed by atoms with Gasteiger partial charge in [-0.15, -0.1) is 0 Å². The first kappa shape index (κ1) is 9.45. The number of rotatable bonds is 2. The highest BCUT2D eigenvalue weighted by Crippen LogP contribution is 2.10. The second-order valence-electron chi connectivity index (χ2n) is 3.12. The molecule has 1 N–H and O–H groups in total. The number of carbonyl (C=O) groups is 1. The predicted octanol–water partition coefficient (Wildman–Crippen LogP) is 2.24. The van der Waals surface area contributed by atoms with Crippen LogP contribution in [0.3, 0.4) is 0 Å². The molecule has 0 saturated heterocycles. The summed E-state index contributed by atoms with van der Waals surface area (Å²) in [6.07, 6.45) is 1.41. The van der Waals surface area contributed by atoms with Gasteiger partial charge in [0.1, 0.15) is 11.3 Å². The number of anilines is 1. The van der Waals surface area contributed by atoms with Gasteiger partial charge in [0, 0.05) is 5.69 Å². The Morgan fingerprint density at radius 3 is 2.67 bits per heavy atom. The van der Waals surface area contributed by atoms with Crippen molar-refractivity contribution in [3.05, 3.63) is 47.9 Å². The SMILES string of the molecule is Cc1oncc1C(=O)Nc1ccccc1. The Kier molecular flexibility index (Phi) is 2.49. The Morgan fingerprint density at radius 2 is 2.07 bits per heavy atom. The van der Waals surface area contributed by atoms with E-state index in [4.69, 9.17) is 4.52 Å². The maximum absolute atomic E-state index is 11.7. The molecule has 0 spiro atoms. The van der Waals surface area contributed by atoms with E-state index in [1.807, 2.05) is 30.3 Å². The van der Waals surface area contributed by atoms with Crippen LogP contribution in [-0.2, 0) is 0 Å². The highest BCUT2D eigenvalue weighted by Gasteiger charge is 2.12. The van der Waals surface area contributed by atoms with Crippen LogP contribution in [-0.4, -0.2) is 11.1 Å². The molecule has 76 valence electrons. The van der Waals surface area contributed by atoms with Crippen molar-refractivity contribution in [2.24, 2.45) is 0 Å². The molecule has 2 aromatic rings. The summed E-state index contributed by atoms with van der Waals surface area (Å²) in [6, 6.07) is 9.24. The number of nitrogens with one attached hydrogen (secondary N) is 1. The van der Waals surface area contributed by atoms with Crippen molar-refractivity contribution < 1.29 is 9.32 Å². The summed E-state index contributed by atoms with van der Waals surface area (Å²) >= 11 is 0. The Balaban J connectivity index is 2.15. The Hall–Kier alpha value is -2.10. The number of benzene rings is 1. The molecule has 1 heterocycles. The van der Waals surface area contributed by atoms with Crippen molar-refractivity contribution in [1.82, 2.24) is 5.16 Å². The zero-order chi connectivity index (χ0) is 10.7. The van der Waals surface area contributed by atoms with Gasteiger partial charge in [-0.1, -0.05) is 23.4 Å². The summed E-state index contributed by atoms with van der Waals surface area (Å²) in [5, 5.41) is 6.29. The first-order valence-corrected chi connectivity index (χ1v) is 4.55. The molecule has 4 heteroatoms. The fourth-order valence-electron chi connectivity index (χ4n) is 1.24. The van der Waals surface area contributed by atoms with Gasteiger partial charge in [0.05, 0.1) is 6.20 Å². The molecule has 0 radical (unpaired) electrons. The fourth-order valence-corrected chi connectivity index (χ4v) is 1.24. The summed E-state index contributed by atoms with van der Waals surface area (Å²) in [6.45, 7) is 1.70. The van der Waals surface area contributed by atoms with Crippen LogP contribution in [0, 0.1) is 6.92 Å². The van der Waals surface area contributed by atoms with Gasteiger partial charge in [0.2, 0.25) is 0 Å². The highest BCUT2D eigenvalue weighted by atomic mass is 16.5. The Morgan fingerprint density at radius 1 is 1.33 bits per heavy atom. The van der Waals surface area contributed by atoms with Gasteiger partial charge in [0.25, 0.3) is 5.91 Å². The number of carbonyl (C=O) groups excluding carboxylic acids is 1. The highest BCUT2D eigenvalue weighted by molar-refractivity contribution is 6.04. The molecular weight excluding hydrogens is 192 g/mol. The molecule has 0 saturated carbocycles. The number of hydrogen-bond acceptors (Lipinski definition) is 3. The predicted molar refractivity (Wildman–Crippen MR) is 55.6 cm³/mol. The smallest absolute Gasteiger partial charge is 0.260 e. The zero-order valence-electron chi connectivity index (χ0n) is 8.23. The number of hydrogen-bond donors (Lipinski definition) is 1. The normalized spacial score (nSPS) is 9.93. The van der Waals surface area contributed by atoms with Crippen LogP contribution in [0.1, 0.15) is 16.1 Å². The van der Waals surface area contributed by atoms with Gasteiger partial charge in [-0.3, -0.25) is 4.79 Å². The average molecular weight is 202 g/mol. The van der Waals surface area contributed by atoms with Crippen molar-refractivity contribution in [3.63, 3.8) is 0 Å². The molecule has 0 fully saturated rings. The van der Waals surface area contributed by atoms with Gasteiger partial charge in [-0.2, -0.15) is 0 Å². The van der Waals surface area contributed by atoms with Crippen LogP contribution in [0.5, 0.6) is 0 Å². The van der Waals surface area contributed by atoms with Crippen LogP contribution in [0.15, 0.2) is 41.1 Å². The number of nitrogens with zero attached hydrogens (tertiary/aromatic N) is 1. The molecule has 4 nitrogen and oxygen atoms in total. The fraction of sp³-hybridized carbons (Fsp3) is 0.0909. The molecule has 1 aromatic carbocycles. The van der Waals surface area contributed by atoms with E-state index in [2.05, 4.69) is 10.5 Å². The summed E-state index contributed by atoms with van der Waals surface area (Å²) in [4.78, 5) is 11.7. The summed E-state index contributed by atoms with van der Waals surface area (Å²) in [7, 11) is 0. The lowest BCUT2D eigenvalue weighted by Gasteiger charge is -2.02. The van der Waals surface area contributed by atoms with E-state index in [-0.39, 0.29) is 5.91 Å². The lowest BCUT2D eigenvalue weighted by Crippen LogP contribution is -2.11. The van der Waals surface area contributed by atoms with E-state index < -0.39 is 0 Å². The minimum absolute atomic E-state index is 0.208. The number of amides is 1. The monoisotopic (exact) mass is 202 g/mol. The molecule has 15 heavy (non-hydrogen) atoms. The molecule has 0 aliphatic heterocycles. The Labute approximate surface area is 86.9 Å². The van der Waals surface area contributed by atoms with Crippen LogP contribution < -0.4 is 5.32 Å². The summed E-state index contributed by atoms with van der Waals surface area (Å²) in [5.74, 6) is 0.309. The summed E-state index contributed by atoms with van der Waals surface area (Å²) < 4.78 is 4.81. The van der Waals surface area contributed by atoms with E-state index in [0.29, 0.717) is 11.3 Å². The lowest BCUT2D eigenvalue weighted by atomic mass is 10.2. The molecule has 0 aliphatic carbocycles. The van der Waals surface area contributed by atoms with Gasteiger partial charge >= 0.3 is 0 Å². The van der Waals surface area contributed by atoms with Crippen LogP contribution in [0.2, 0.25) is 0 Å². The third kappa shape index (κ3) is 2.04. The average Bonchev–Trinajstić information content (AvgIpc) is 2.66. The van der Waals surface area contributed by atoms with Crippen LogP contribution >= 0.6 is 0 Å². The number of para-hydroxylation sites is 1. The van der Waals surface area contributed by atoms with E-state index >= 15 is 0 Å². The quantitative estimate of drug-likeness (QED) is 0.812. The van der Waals surface area contributed by atoms with E-state index in [0.717, 1.165) is 5.69 Å². The van der Waals surface area contributed by atoms with Crippen molar-refractivity contribution in [1.29, 1.82) is 0 Å². The topological polar surface area (TPSA) is 55.1 Å². The molecular formula is C11H10N2O2. The molecule has 2 rings (SSSR count). The minimum atomic E-state index is -0.208.